The third-order valence-corrected chi connectivity index (χ3v) is 2.87. The van der Waals surface area contributed by atoms with E-state index < -0.39 is 0 Å². The fourth-order valence-electron chi connectivity index (χ4n) is 1.91. The Kier molecular flexibility index (Phi) is 3.02. The van der Waals surface area contributed by atoms with Crippen molar-refractivity contribution in [2.45, 2.75) is 6.42 Å². The highest BCUT2D eigenvalue weighted by atomic mass is 16.3. The van der Waals surface area contributed by atoms with Gasteiger partial charge in [0.2, 0.25) is 0 Å². The highest BCUT2D eigenvalue weighted by molar-refractivity contribution is 5.93. The first kappa shape index (κ1) is 11.5. The van der Waals surface area contributed by atoms with Crippen molar-refractivity contribution in [3.63, 3.8) is 0 Å². The monoisotopic (exact) mass is 255 g/mol. The number of para-hydroxylation sites is 2. The number of hydrogen-bond acceptors (Lipinski definition) is 3. The van der Waals surface area contributed by atoms with Gasteiger partial charge in [-0.3, -0.25) is 4.79 Å². The Hall–Kier alpha value is -2.56. The fraction of sp³-hybridized carbons (Fsp3) is 0.143. The van der Waals surface area contributed by atoms with E-state index in [2.05, 4.69) is 15.3 Å². The summed E-state index contributed by atoms with van der Waals surface area (Å²) in [6.07, 6.45) is 3.57. The molecule has 2 aromatic heterocycles. The van der Waals surface area contributed by atoms with Gasteiger partial charge in [0.25, 0.3) is 5.91 Å². The molecule has 0 fully saturated rings. The molecule has 0 aliphatic rings. The molecule has 19 heavy (non-hydrogen) atoms. The second-order valence-electron chi connectivity index (χ2n) is 4.22. The summed E-state index contributed by atoms with van der Waals surface area (Å²) in [7, 11) is 0. The van der Waals surface area contributed by atoms with Crippen molar-refractivity contribution < 1.29 is 9.21 Å². The number of hydrogen-bond donors (Lipinski definition) is 2. The quantitative estimate of drug-likeness (QED) is 0.750. The van der Waals surface area contributed by atoms with Gasteiger partial charge < -0.3 is 14.7 Å². The van der Waals surface area contributed by atoms with Crippen molar-refractivity contribution in [1.29, 1.82) is 0 Å². The number of aromatic nitrogens is 2. The minimum Gasteiger partial charge on any atom is -0.472 e. The van der Waals surface area contributed by atoms with E-state index in [9.17, 15) is 4.79 Å². The van der Waals surface area contributed by atoms with Crippen LogP contribution in [0.4, 0.5) is 0 Å². The normalized spacial score (nSPS) is 10.7. The summed E-state index contributed by atoms with van der Waals surface area (Å²) in [6, 6.07) is 9.49. The van der Waals surface area contributed by atoms with E-state index in [1.807, 2.05) is 24.3 Å². The third-order valence-electron chi connectivity index (χ3n) is 2.87. The van der Waals surface area contributed by atoms with Gasteiger partial charge in [-0.2, -0.15) is 0 Å². The maximum absolute atomic E-state index is 11.7. The van der Waals surface area contributed by atoms with Crippen molar-refractivity contribution in [3.05, 3.63) is 54.2 Å². The molecule has 3 rings (SSSR count). The molecule has 1 amide bonds. The summed E-state index contributed by atoms with van der Waals surface area (Å²) in [5.74, 6) is 0.735. The second-order valence-corrected chi connectivity index (χ2v) is 4.22. The van der Waals surface area contributed by atoms with Crippen LogP contribution in [0.15, 0.2) is 47.3 Å². The standard InChI is InChI=1S/C14H13N3O2/c18-14(10-6-8-19-9-10)15-7-5-13-16-11-3-1-2-4-12(11)17-13/h1-4,6,8-9H,5,7H2,(H,15,18)(H,16,17). The van der Waals surface area contributed by atoms with Crippen molar-refractivity contribution in [2.24, 2.45) is 0 Å². The molecule has 0 aliphatic heterocycles. The SMILES string of the molecule is O=C(NCCc1nc2ccccc2[nH]1)c1ccoc1. The van der Waals surface area contributed by atoms with Gasteiger partial charge >= 0.3 is 0 Å². The van der Waals surface area contributed by atoms with Crippen LogP contribution in [0, 0.1) is 0 Å². The number of H-pyrrole nitrogens is 1. The third kappa shape index (κ3) is 2.49. The molecule has 0 atom stereocenters. The lowest BCUT2D eigenvalue weighted by Gasteiger charge is -2.01. The highest BCUT2D eigenvalue weighted by Crippen LogP contribution is 2.10. The minimum absolute atomic E-state index is 0.134. The Balaban J connectivity index is 1.59. The van der Waals surface area contributed by atoms with Crippen LogP contribution in [-0.2, 0) is 6.42 Å². The number of aromatic amines is 1. The Morgan fingerprint density at radius 1 is 1.32 bits per heavy atom. The van der Waals surface area contributed by atoms with Crippen molar-refractivity contribution in [1.82, 2.24) is 15.3 Å². The van der Waals surface area contributed by atoms with Gasteiger partial charge in [-0.1, -0.05) is 12.1 Å². The number of furan rings is 1. The number of imidazole rings is 1. The fourth-order valence-corrected chi connectivity index (χ4v) is 1.91. The number of carbonyl (C=O) groups excluding carboxylic acids is 1. The van der Waals surface area contributed by atoms with Crippen LogP contribution in [0.2, 0.25) is 0 Å². The van der Waals surface area contributed by atoms with Crippen molar-refractivity contribution in [3.8, 4) is 0 Å². The van der Waals surface area contributed by atoms with E-state index in [-0.39, 0.29) is 5.91 Å². The zero-order valence-corrected chi connectivity index (χ0v) is 10.2. The first-order valence-corrected chi connectivity index (χ1v) is 6.07. The van der Waals surface area contributed by atoms with Gasteiger partial charge in [-0.25, -0.2) is 4.98 Å². The molecule has 0 aliphatic carbocycles. The van der Waals surface area contributed by atoms with Crippen LogP contribution in [0.1, 0.15) is 16.2 Å². The lowest BCUT2D eigenvalue weighted by atomic mass is 10.3. The molecule has 3 aromatic rings. The molecule has 0 bridgehead atoms. The number of benzene rings is 1. The molecule has 1 aromatic carbocycles. The highest BCUT2D eigenvalue weighted by Gasteiger charge is 2.06. The van der Waals surface area contributed by atoms with E-state index in [4.69, 9.17) is 4.42 Å². The van der Waals surface area contributed by atoms with E-state index in [0.29, 0.717) is 18.5 Å². The molecule has 0 saturated heterocycles. The van der Waals surface area contributed by atoms with Gasteiger partial charge in [0.15, 0.2) is 0 Å². The molecule has 5 heteroatoms. The topological polar surface area (TPSA) is 70.9 Å². The first-order chi connectivity index (χ1) is 9.33. The lowest BCUT2D eigenvalue weighted by molar-refractivity contribution is 0.0953. The summed E-state index contributed by atoms with van der Waals surface area (Å²) < 4.78 is 4.86. The number of carbonyl (C=O) groups is 1. The molecule has 96 valence electrons. The number of amides is 1. The number of nitrogens with one attached hydrogen (secondary N) is 2. The summed E-state index contributed by atoms with van der Waals surface area (Å²) in [5, 5.41) is 2.82. The zero-order chi connectivity index (χ0) is 13.1. The van der Waals surface area contributed by atoms with E-state index in [1.54, 1.807) is 6.07 Å². The second kappa shape index (κ2) is 4.97. The largest absolute Gasteiger partial charge is 0.472 e. The molecular weight excluding hydrogens is 242 g/mol. The summed E-state index contributed by atoms with van der Waals surface area (Å²) in [6.45, 7) is 0.532. The smallest absolute Gasteiger partial charge is 0.254 e. The van der Waals surface area contributed by atoms with Crippen LogP contribution in [-0.4, -0.2) is 22.4 Å². The number of nitrogens with zero attached hydrogens (tertiary/aromatic N) is 1. The van der Waals surface area contributed by atoms with E-state index >= 15 is 0 Å². The molecule has 0 radical (unpaired) electrons. The molecule has 2 heterocycles. The van der Waals surface area contributed by atoms with Gasteiger partial charge in [0.1, 0.15) is 12.1 Å². The lowest BCUT2D eigenvalue weighted by Crippen LogP contribution is -2.25. The molecule has 0 saturated carbocycles. The van der Waals surface area contributed by atoms with Gasteiger partial charge in [-0.15, -0.1) is 0 Å². The van der Waals surface area contributed by atoms with Crippen molar-refractivity contribution >= 4 is 16.9 Å². The average molecular weight is 255 g/mol. The van der Waals surface area contributed by atoms with Crippen LogP contribution in [0.25, 0.3) is 11.0 Å². The van der Waals surface area contributed by atoms with E-state index in [1.165, 1.54) is 12.5 Å². The molecule has 0 spiro atoms. The Labute approximate surface area is 109 Å². The summed E-state index contributed by atoms with van der Waals surface area (Å²) in [5.41, 5.74) is 2.49. The predicted octanol–water partition coefficient (Wildman–Crippen LogP) is 2.13. The summed E-state index contributed by atoms with van der Waals surface area (Å²) >= 11 is 0. The predicted molar refractivity (Wildman–Crippen MR) is 70.8 cm³/mol. The average Bonchev–Trinajstić information content (AvgIpc) is 3.07. The number of rotatable bonds is 4. The van der Waals surface area contributed by atoms with Crippen LogP contribution >= 0.6 is 0 Å². The summed E-state index contributed by atoms with van der Waals surface area (Å²) in [4.78, 5) is 19.3. The Morgan fingerprint density at radius 3 is 3.00 bits per heavy atom. The van der Waals surface area contributed by atoms with Crippen LogP contribution in [0.3, 0.4) is 0 Å². The first-order valence-electron chi connectivity index (χ1n) is 6.07. The van der Waals surface area contributed by atoms with Gasteiger partial charge in [-0.05, 0) is 18.2 Å². The van der Waals surface area contributed by atoms with Crippen LogP contribution < -0.4 is 5.32 Å². The molecule has 0 unspecified atom stereocenters. The Morgan fingerprint density at radius 2 is 2.21 bits per heavy atom. The Bertz CT molecular complexity index is 653. The van der Waals surface area contributed by atoms with E-state index in [0.717, 1.165) is 16.9 Å². The van der Waals surface area contributed by atoms with Crippen molar-refractivity contribution in [2.75, 3.05) is 6.54 Å². The number of fused-ring (bicyclic) bond motifs is 1. The molecular formula is C14H13N3O2. The van der Waals surface area contributed by atoms with Gasteiger partial charge in [0, 0.05) is 13.0 Å². The minimum atomic E-state index is -0.134. The zero-order valence-electron chi connectivity index (χ0n) is 10.2. The van der Waals surface area contributed by atoms with Crippen LogP contribution in [0.5, 0.6) is 0 Å². The molecule has 5 nitrogen and oxygen atoms in total. The molecule has 2 N–H and O–H groups in total. The van der Waals surface area contributed by atoms with Gasteiger partial charge in [0.05, 0.1) is 22.9 Å². The maximum Gasteiger partial charge on any atom is 0.254 e. The maximum atomic E-state index is 11.7.